The number of benzene rings is 5. The summed E-state index contributed by atoms with van der Waals surface area (Å²) in [5, 5.41) is 11.9. The van der Waals surface area contributed by atoms with Crippen LogP contribution in [0.3, 0.4) is 0 Å². The minimum Gasteiger partial charge on any atom is -0.497 e. The van der Waals surface area contributed by atoms with Crippen molar-refractivity contribution in [1.29, 1.82) is 0 Å². The van der Waals surface area contributed by atoms with Crippen LogP contribution >= 0.6 is 0 Å². The molecule has 45 heavy (non-hydrogen) atoms. The van der Waals surface area contributed by atoms with Crippen molar-refractivity contribution in [3.05, 3.63) is 132 Å². The van der Waals surface area contributed by atoms with Gasteiger partial charge in [-0.15, -0.1) is 0 Å². The summed E-state index contributed by atoms with van der Waals surface area (Å²) in [7, 11) is 2.98. The number of nitrogens with one attached hydrogen (secondary N) is 1. The highest BCUT2D eigenvalue weighted by Crippen LogP contribution is 2.42. The molecule has 1 unspecified atom stereocenters. The zero-order chi connectivity index (χ0) is 32.0. The second-order valence-corrected chi connectivity index (χ2v) is 12.5. The van der Waals surface area contributed by atoms with Gasteiger partial charge in [0, 0.05) is 30.6 Å². The van der Waals surface area contributed by atoms with E-state index in [1.54, 1.807) is 32.4 Å². The number of fused-ring (bicyclic) bond motifs is 1. The summed E-state index contributed by atoms with van der Waals surface area (Å²) in [6.07, 6.45) is 0. The largest absolute Gasteiger partial charge is 0.497 e. The Balaban J connectivity index is 1.55. The number of ether oxygens (including phenoxy) is 3. The van der Waals surface area contributed by atoms with Crippen LogP contribution in [0.2, 0.25) is 0 Å². The maximum atomic E-state index is 13.9. The summed E-state index contributed by atoms with van der Waals surface area (Å²) < 4.78 is 48.1. The first-order valence-electron chi connectivity index (χ1n) is 14.5. The van der Waals surface area contributed by atoms with E-state index in [1.165, 1.54) is 0 Å². The van der Waals surface area contributed by atoms with Gasteiger partial charge < -0.3 is 24.2 Å². The molecule has 234 valence electrons. The standard InChI is InChI=1S/C36H38N2O6S/c1-38(2)34-14-8-13-33-32(34)12-9-15-35(33)45(40,41)37-29(24-39)25-44-36(26-10-6-5-7-11-26,27-16-20-30(42-3)21-17-27)28-18-22-31(43-4)23-19-28/h5-23,29,37,39H,24-25H2,1-4H3. The van der Waals surface area contributed by atoms with Crippen molar-refractivity contribution in [3.63, 3.8) is 0 Å². The minimum absolute atomic E-state index is 0.127. The van der Waals surface area contributed by atoms with Gasteiger partial charge in [-0.05, 0) is 53.1 Å². The van der Waals surface area contributed by atoms with Crippen molar-refractivity contribution in [2.45, 2.75) is 16.5 Å². The number of rotatable bonds is 13. The van der Waals surface area contributed by atoms with Gasteiger partial charge in [0.05, 0.1) is 38.4 Å². The lowest BCUT2D eigenvalue weighted by molar-refractivity contribution is -0.00452. The van der Waals surface area contributed by atoms with Gasteiger partial charge in [0.25, 0.3) is 0 Å². The number of methoxy groups -OCH3 is 2. The summed E-state index contributed by atoms with van der Waals surface area (Å²) in [5.41, 5.74) is 2.15. The van der Waals surface area contributed by atoms with Crippen molar-refractivity contribution in [1.82, 2.24) is 4.72 Å². The second kappa shape index (κ2) is 13.7. The van der Waals surface area contributed by atoms with Crippen LogP contribution in [0.5, 0.6) is 11.5 Å². The average molecular weight is 627 g/mol. The van der Waals surface area contributed by atoms with Gasteiger partial charge in [-0.25, -0.2) is 13.1 Å². The van der Waals surface area contributed by atoms with E-state index >= 15 is 0 Å². The van der Waals surface area contributed by atoms with Crippen molar-refractivity contribution in [2.24, 2.45) is 0 Å². The molecule has 0 heterocycles. The SMILES string of the molecule is COc1ccc(C(OCC(CO)NS(=O)(=O)c2cccc3c(N(C)C)cccc23)(c2ccccc2)c2ccc(OC)cc2)cc1. The fourth-order valence-corrected chi connectivity index (χ4v) is 7.03. The summed E-state index contributed by atoms with van der Waals surface area (Å²) in [4.78, 5) is 2.07. The Labute approximate surface area is 264 Å². The molecule has 0 aliphatic heterocycles. The van der Waals surface area contributed by atoms with Crippen molar-refractivity contribution in [2.75, 3.05) is 46.4 Å². The van der Waals surface area contributed by atoms with Crippen LogP contribution in [-0.4, -0.2) is 61.1 Å². The molecular formula is C36H38N2O6S. The van der Waals surface area contributed by atoms with Gasteiger partial charge >= 0.3 is 0 Å². The fourth-order valence-electron chi connectivity index (χ4n) is 5.60. The zero-order valence-electron chi connectivity index (χ0n) is 25.8. The Morgan fingerprint density at radius 1 is 0.711 bits per heavy atom. The minimum atomic E-state index is -4.06. The van der Waals surface area contributed by atoms with Crippen LogP contribution in [0, 0.1) is 0 Å². The molecule has 0 radical (unpaired) electrons. The molecule has 1 atom stereocenters. The van der Waals surface area contributed by atoms with E-state index in [1.807, 2.05) is 116 Å². The third-order valence-corrected chi connectivity index (χ3v) is 9.43. The number of hydrogen-bond donors (Lipinski definition) is 2. The molecule has 0 fully saturated rings. The highest BCUT2D eigenvalue weighted by molar-refractivity contribution is 7.89. The Morgan fingerprint density at radius 3 is 1.78 bits per heavy atom. The lowest BCUT2D eigenvalue weighted by atomic mass is 9.80. The van der Waals surface area contributed by atoms with Crippen LogP contribution in [-0.2, 0) is 20.4 Å². The molecule has 0 aliphatic rings. The zero-order valence-corrected chi connectivity index (χ0v) is 26.6. The van der Waals surface area contributed by atoms with E-state index in [2.05, 4.69) is 4.72 Å². The van der Waals surface area contributed by atoms with Crippen molar-refractivity contribution < 1.29 is 27.7 Å². The summed E-state index contributed by atoms with van der Waals surface area (Å²) >= 11 is 0. The average Bonchev–Trinajstić information content (AvgIpc) is 3.08. The molecule has 0 spiro atoms. The number of aliphatic hydroxyl groups excluding tert-OH is 1. The number of hydrogen-bond acceptors (Lipinski definition) is 7. The number of anilines is 1. The summed E-state index contributed by atoms with van der Waals surface area (Å²) in [6.45, 7) is -0.626. The number of nitrogens with zero attached hydrogens (tertiary/aromatic N) is 1. The third kappa shape index (κ3) is 6.53. The molecule has 0 saturated carbocycles. The predicted octanol–water partition coefficient (Wildman–Crippen LogP) is 5.57. The molecule has 0 aromatic heterocycles. The van der Waals surface area contributed by atoms with E-state index in [4.69, 9.17) is 14.2 Å². The molecule has 0 saturated heterocycles. The lowest BCUT2D eigenvalue weighted by Gasteiger charge is -2.37. The quantitative estimate of drug-likeness (QED) is 0.165. The topological polar surface area (TPSA) is 97.3 Å². The van der Waals surface area contributed by atoms with Crippen molar-refractivity contribution in [3.8, 4) is 11.5 Å². The second-order valence-electron chi connectivity index (χ2n) is 10.8. The molecule has 5 aromatic rings. The van der Waals surface area contributed by atoms with Gasteiger partial charge in [0.15, 0.2) is 0 Å². The molecule has 8 nitrogen and oxygen atoms in total. The first kappa shape index (κ1) is 32.0. The maximum Gasteiger partial charge on any atom is 0.241 e. The van der Waals surface area contributed by atoms with Crippen LogP contribution in [0.25, 0.3) is 10.8 Å². The molecule has 5 aromatic carbocycles. The van der Waals surface area contributed by atoms with E-state index in [-0.39, 0.29) is 11.5 Å². The highest BCUT2D eigenvalue weighted by Gasteiger charge is 2.39. The van der Waals surface area contributed by atoms with Crippen LogP contribution < -0.4 is 19.1 Å². The first-order valence-corrected chi connectivity index (χ1v) is 16.0. The highest BCUT2D eigenvalue weighted by atomic mass is 32.2. The van der Waals surface area contributed by atoms with Gasteiger partial charge in [-0.2, -0.15) is 0 Å². The van der Waals surface area contributed by atoms with Crippen LogP contribution in [0.15, 0.2) is 120 Å². The van der Waals surface area contributed by atoms with E-state index in [9.17, 15) is 13.5 Å². The Bertz CT molecular complexity index is 1780. The van der Waals surface area contributed by atoms with Gasteiger partial charge in [-0.3, -0.25) is 0 Å². The molecule has 9 heteroatoms. The van der Waals surface area contributed by atoms with Crippen LogP contribution in [0.4, 0.5) is 5.69 Å². The summed E-state index contributed by atoms with van der Waals surface area (Å²) in [6, 6.07) is 34.6. The Morgan fingerprint density at radius 2 is 1.24 bits per heavy atom. The smallest absolute Gasteiger partial charge is 0.241 e. The van der Waals surface area contributed by atoms with E-state index in [0.717, 1.165) is 27.8 Å². The monoisotopic (exact) mass is 626 g/mol. The van der Waals surface area contributed by atoms with Gasteiger partial charge in [0.1, 0.15) is 17.1 Å². The fraction of sp³-hybridized carbons (Fsp3) is 0.222. The number of sulfonamides is 1. The molecule has 0 bridgehead atoms. The predicted molar refractivity (Wildman–Crippen MR) is 178 cm³/mol. The third-order valence-electron chi connectivity index (χ3n) is 7.85. The van der Waals surface area contributed by atoms with Gasteiger partial charge in [0.2, 0.25) is 10.0 Å². The van der Waals surface area contributed by atoms with Crippen molar-refractivity contribution >= 4 is 26.5 Å². The molecular weight excluding hydrogens is 588 g/mol. The molecule has 5 rings (SSSR count). The first-order chi connectivity index (χ1) is 21.7. The summed E-state index contributed by atoms with van der Waals surface area (Å²) in [5.74, 6) is 1.37. The molecule has 0 aliphatic carbocycles. The lowest BCUT2D eigenvalue weighted by Crippen LogP contribution is -2.44. The van der Waals surface area contributed by atoms with Gasteiger partial charge in [-0.1, -0.05) is 78.9 Å². The Kier molecular flexibility index (Phi) is 9.74. The van der Waals surface area contributed by atoms with E-state index < -0.39 is 28.3 Å². The number of aliphatic hydroxyl groups is 1. The van der Waals surface area contributed by atoms with Crippen LogP contribution in [0.1, 0.15) is 16.7 Å². The molecule has 2 N–H and O–H groups in total. The van der Waals surface area contributed by atoms with E-state index in [0.29, 0.717) is 16.9 Å². The maximum absolute atomic E-state index is 13.9. The normalized spacial score (nSPS) is 12.6. The Hall–Kier alpha value is -4.41. The molecule has 0 amide bonds.